The molecule has 4 unspecified atom stereocenters. The maximum atomic E-state index is 12.9. The van der Waals surface area contributed by atoms with Crippen molar-refractivity contribution in [3.63, 3.8) is 0 Å². The van der Waals surface area contributed by atoms with Gasteiger partial charge in [-0.05, 0) is 18.4 Å². The molecule has 184 valence electrons. The number of thioether (sulfide) groups is 1. The number of amides is 4. The fraction of sp³-hybridized carbons (Fsp3) is 0.556. The minimum atomic E-state index is -1.57. The number of nitrogens with zero attached hydrogens (tertiary/aromatic N) is 1. The molecule has 0 saturated heterocycles. The number of nitrogens with one attached hydrogen (secondary N) is 4. The van der Waals surface area contributed by atoms with Crippen LogP contribution >= 0.6 is 24.4 Å². The molecule has 1 heterocycles. The highest BCUT2D eigenvalue weighted by Crippen LogP contribution is 2.04. The summed E-state index contributed by atoms with van der Waals surface area (Å²) < 4.78 is 0. The summed E-state index contributed by atoms with van der Waals surface area (Å²) in [5, 5.41) is 16.3. The number of carboxylic acids is 1. The Morgan fingerprint density at radius 3 is 2.24 bits per heavy atom. The van der Waals surface area contributed by atoms with Crippen LogP contribution in [-0.2, 0) is 30.4 Å². The Balaban J connectivity index is 2.91. The van der Waals surface area contributed by atoms with Gasteiger partial charge in [-0.25, -0.2) is 9.78 Å². The third-order valence-electron chi connectivity index (χ3n) is 4.42. The van der Waals surface area contributed by atoms with Gasteiger partial charge in [0.25, 0.3) is 0 Å². The van der Waals surface area contributed by atoms with Crippen LogP contribution < -0.4 is 27.4 Å². The van der Waals surface area contributed by atoms with Crippen LogP contribution in [0, 0.1) is 0 Å². The van der Waals surface area contributed by atoms with E-state index in [0.717, 1.165) is 0 Å². The molecule has 13 nitrogen and oxygen atoms in total. The molecule has 1 aromatic rings. The molecular formula is C18H29N7O6S2. The summed E-state index contributed by atoms with van der Waals surface area (Å²) in [5.74, 6) is -4.05. The SMILES string of the molecule is CSCCC(N)C(=O)NC(Cc1cnc[nH]1)C(=O)NC(CS)C(=O)NC(CC(N)=O)C(=O)O. The lowest BCUT2D eigenvalue weighted by atomic mass is 10.1. The number of carboxylic acid groups (broad SMARTS) is 1. The van der Waals surface area contributed by atoms with Crippen LogP contribution in [0.15, 0.2) is 12.5 Å². The fourth-order valence-electron chi connectivity index (χ4n) is 2.62. The Bertz CT molecular complexity index is 823. The summed E-state index contributed by atoms with van der Waals surface area (Å²) in [4.78, 5) is 66.8. The molecule has 33 heavy (non-hydrogen) atoms. The number of thiol groups is 1. The van der Waals surface area contributed by atoms with Crippen LogP contribution in [0.3, 0.4) is 0 Å². The number of hydrogen-bond donors (Lipinski definition) is 8. The largest absolute Gasteiger partial charge is 0.480 e. The summed E-state index contributed by atoms with van der Waals surface area (Å²) in [6.07, 6.45) is 4.58. The van der Waals surface area contributed by atoms with Gasteiger partial charge in [0.15, 0.2) is 0 Å². The number of nitrogens with two attached hydrogens (primary N) is 2. The lowest BCUT2D eigenvalue weighted by Crippen LogP contribution is -2.58. The van der Waals surface area contributed by atoms with E-state index in [0.29, 0.717) is 17.9 Å². The minimum Gasteiger partial charge on any atom is -0.480 e. The minimum absolute atomic E-state index is 0.0349. The third-order valence-corrected chi connectivity index (χ3v) is 5.43. The zero-order valence-corrected chi connectivity index (χ0v) is 19.7. The monoisotopic (exact) mass is 503 g/mol. The van der Waals surface area contributed by atoms with E-state index in [9.17, 15) is 24.0 Å². The van der Waals surface area contributed by atoms with Crippen LogP contribution in [-0.4, -0.2) is 86.6 Å². The Morgan fingerprint density at radius 2 is 1.73 bits per heavy atom. The average molecular weight is 504 g/mol. The summed E-state index contributed by atoms with van der Waals surface area (Å²) >= 11 is 5.56. The molecule has 9 N–H and O–H groups in total. The van der Waals surface area contributed by atoms with Crippen LogP contribution in [0.2, 0.25) is 0 Å². The number of aliphatic carboxylic acids is 1. The maximum absolute atomic E-state index is 12.9. The van der Waals surface area contributed by atoms with Gasteiger partial charge in [0, 0.05) is 24.1 Å². The normalized spacial score (nSPS) is 14.4. The Morgan fingerprint density at radius 1 is 1.12 bits per heavy atom. The first-order valence-corrected chi connectivity index (χ1v) is 11.9. The van der Waals surface area contributed by atoms with E-state index in [2.05, 4.69) is 38.5 Å². The van der Waals surface area contributed by atoms with E-state index in [-0.39, 0.29) is 12.2 Å². The van der Waals surface area contributed by atoms with Gasteiger partial charge in [-0.2, -0.15) is 24.4 Å². The summed E-state index contributed by atoms with van der Waals surface area (Å²) in [7, 11) is 0. The van der Waals surface area contributed by atoms with Gasteiger partial charge in [0.2, 0.25) is 23.6 Å². The number of hydrogen-bond acceptors (Lipinski definition) is 9. The Labute approximate surface area is 200 Å². The molecule has 0 aliphatic rings. The molecule has 1 aromatic heterocycles. The predicted octanol–water partition coefficient (Wildman–Crippen LogP) is -2.62. The van der Waals surface area contributed by atoms with Gasteiger partial charge >= 0.3 is 5.97 Å². The van der Waals surface area contributed by atoms with Gasteiger partial charge in [0.05, 0.1) is 18.8 Å². The number of imidazole rings is 1. The molecule has 0 bridgehead atoms. The zero-order valence-electron chi connectivity index (χ0n) is 17.9. The first-order valence-electron chi connectivity index (χ1n) is 9.83. The van der Waals surface area contributed by atoms with Gasteiger partial charge in [-0.15, -0.1) is 0 Å². The van der Waals surface area contributed by atoms with Crippen molar-refractivity contribution in [2.24, 2.45) is 11.5 Å². The smallest absolute Gasteiger partial charge is 0.326 e. The Hall–Kier alpha value is -2.78. The van der Waals surface area contributed by atoms with Gasteiger partial charge < -0.3 is 37.5 Å². The molecule has 0 saturated carbocycles. The average Bonchev–Trinajstić information content (AvgIpc) is 3.27. The van der Waals surface area contributed by atoms with Crippen molar-refractivity contribution < 1.29 is 29.1 Å². The molecule has 15 heteroatoms. The number of carbonyl (C=O) groups is 5. The summed E-state index contributed by atoms with van der Waals surface area (Å²) in [6, 6.07) is -4.75. The van der Waals surface area contributed by atoms with E-state index < -0.39 is 60.2 Å². The van der Waals surface area contributed by atoms with Crippen LogP contribution in [0.25, 0.3) is 0 Å². The molecule has 0 fully saturated rings. The molecule has 0 radical (unpaired) electrons. The van der Waals surface area contributed by atoms with Gasteiger partial charge in [-0.3, -0.25) is 19.2 Å². The van der Waals surface area contributed by atoms with Crippen molar-refractivity contribution in [2.45, 2.75) is 43.4 Å². The predicted molar refractivity (Wildman–Crippen MR) is 124 cm³/mol. The number of carbonyl (C=O) groups excluding carboxylic acids is 4. The second-order valence-corrected chi connectivity index (χ2v) is 8.39. The highest BCUT2D eigenvalue weighted by molar-refractivity contribution is 7.98. The first-order chi connectivity index (χ1) is 15.6. The van der Waals surface area contributed by atoms with E-state index >= 15 is 0 Å². The van der Waals surface area contributed by atoms with E-state index in [1.54, 1.807) is 0 Å². The van der Waals surface area contributed by atoms with Gasteiger partial charge in [0.1, 0.15) is 18.1 Å². The van der Waals surface area contributed by atoms with E-state index in [1.165, 1.54) is 24.3 Å². The number of aromatic nitrogens is 2. The zero-order chi connectivity index (χ0) is 25.0. The quantitative estimate of drug-likeness (QED) is 0.117. The van der Waals surface area contributed by atoms with Gasteiger partial charge in [-0.1, -0.05) is 0 Å². The van der Waals surface area contributed by atoms with Crippen molar-refractivity contribution in [2.75, 3.05) is 17.8 Å². The topological polar surface area (TPSA) is 222 Å². The molecule has 0 aliphatic heterocycles. The van der Waals surface area contributed by atoms with Crippen molar-refractivity contribution >= 4 is 54.0 Å². The summed E-state index contributed by atoms with van der Waals surface area (Å²) in [5.41, 5.74) is 11.4. The van der Waals surface area contributed by atoms with E-state index in [4.69, 9.17) is 16.6 Å². The number of rotatable bonds is 15. The number of primary amides is 1. The van der Waals surface area contributed by atoms with Crippen LogP contribution in [0.4, 0.5) is 0 Å². The molecule has 4 atom stereocenters. The lowest BCUT2D eigenvalue weighted by Gasteiger charge is -2.24. The lowest BCUT2D eigenvalue weighted by molar-refractivity contribution is -0.143. The third kappa shape index (κ3) is 10.1. The highest BCUT2D eigenvalue weighted by Gasteiger charge is 2.30. The van der Waals surface area contributed by atoms with Crippen molar-refractivity contribution in [3.05, 3.63) is 18.2 Å². The standard InChI is InChI=1S/C18H29N7O6S2/c1-33-3-2-10(19)15(27)23-11(4-9-6-21-8-22-9)16(28)25-13(7-32)17(29)24-12(18(30)31)5-14(20)26/h6,8,10-13,32H,2-5,7,19H2,1H3,(H2,20,26)(H,21,22)(H,23,27)(H,24,29)(H,25,28)(H,30,31). The van der Waals surface area contributed by atoms with Crippen molar-refractivity contribution in [3.8, 4) is 0 Å². The van der Waals surface area contributed by atoms with Crippen LogP contribution in [0.1, 0.15) is 18.5 Å². The first kappa shape index (κ1) is 28.3. The molecule has 0 aliphatic carbocycles. The second kappa shape index (κ2) is 14.4. The molecule has 4 amide bonds. The number of aromatic amines is 1. The second-order valence-electron chi connectivity index (χ2n) is 7.04. The fourth-order valence-corrected chi connectivity index (χ4v) is 3.37. The van der Waals surface area contributed by atoms with E-state index in [1.807, 2.05) is 6.26 Å². The molecular weight excluding hydrogens is 474 g/mol. The highest BCUT2D eigenvalue weighted by atomic mass is 32.2. The van der Waals surface area contributed by atoms with Crippen LogP contribution in [0.5, 0.6) is 0 Å². The molecule has 0 spiro atoms. The maximum Gasteiger partial charge on any atom is 0.326 e. The van der Waals surface area contributed by atoms with Crippen molar-refractivity contribution in [1.82, 2.24) is 25.9 Å². The number of H-pyrrole nitrogens is 1. The Kier molecular flexibility index (Phi) is 12.3. The molecule has 1 rings (SSSR count). The molecule has 0 aromatic carbocycles. The summed E-state index contributed by atoms with van der Waals surface area (Å²) in [6.45, 7) is 0. The van der Waals surface area contributed by atoms with Crippen molar-refractivity contribution in [1.29, 1.82) is 0 Å².